The van der Waals surface area contributed by atoms with E-state index in [1.807, 2.05) is 24.3 Å². The number of fused-ring (bicyclic) bond motifs is 2. The summed E-state index contributed by atoms with van der Waals surface area (Å²) in [7, 11) is 0. The number of ether oxygens (including phenoxy) is 1. The van der Waals surface area contributed by atoms with Crippen LogP contribution in [0, 0.1) is 0 Å². The van der Waals surface area contributed by atoms with Gasteiger partial charge >= 0.3 is 17.9 Å². The highest BCUT2D eigenvalue weighted by atomic mass is 16.5. The molecule has 0 aliphatic heterocycles. The lowest BCUT2D eigenvalue weighted by atomic mass is 9.88. The predicted molar refractivity (Wildman–Crippen MR) is 107 cm³/mol. The Morgan fingerprint density at radius 2 is 1.80 bits per heavy atom. The summed E-state index contributed by atoms with van der Waals surface area (Å²) in [4.78, 5) is 47.2. The van der Waals surface area contributed by atoms with Gasteiger partial charge in [0.2, 0.25) is 5.91 Å². The largest absolute Gasteiger partial charge is 0.478 e. The van der Waals surface area contributed by atoms with E-state index < -0.39 is 17.8 Å². The molecule has 30 heavy (non-hydrogen) atoms. The van der Waals surface area contributed by atoms with Crippen molar-refractivity contribution >= 4 is 34.7 Å². The number of esters is 1. The van der Waals surface area contributed by atoms with Crippen LogP contribution in [0.2, 0.25) is 0 Å². The molecule has 3 rings (SSSR count). The maximum Gasteiger partial charge on any atom is 0.328 e. The lowest BCUT2D eigenvalue weighted by molar-refractivity contribution is -0.149. The number of carbonyl (C=O) groups is 4. The van der Waals surface area contributed by atoms with Gasteiger partial charge in [0.25, 0.3) is 0 Å². The maximum absolute atomic E-state index is 12.0. The minimum Gasteiger partial charge on any atom is -0.478 e. The molecule has 0 bridgehead atoms. The highest BCUT2D eigenvalue weighted by Crippen LogP contribution is 2.30. The van der Waals surface area contributed by atoms with Crippen LogP contribution >= 0.6 is 0 Å². The standard InChI is InChI=1S/C17H18N2O3.C4H4O4/c1-2-15(20)22-10-7-8-14-12(9-10)16(17(18)21)11-5-3-4-6-13(11)19-14;5-3(6)1-2-4(7)8/h3-6,10H,2,7-9H2,1H3,(H2,18,21);1-2H,(H,5,6)(H,7,8)/b;2-1+. The van der Waals surface area contributed by atoms with E-state index in [9.17, 15) is 19.2 Å². The number of hydrogen-bond acceptors (Lipinski definition) is 6. The Labute approximate surface area is 172 Å². The van der Waals surface area contributed by atoms with E-state index >= 15 is 0 Å². The van der Waals surface area contributed by atoms with Crippen molar-refractivity contribution in [3.05, 3.63) is 53.2 Å². The first-order valence-electron chi connectivity index (χ1n) is 9.26. The van der Waals surface area contributed by atoms with E-state index in [0.29, 0.717) is 37.0 Å². The number of para-hydroxylation sites is 1. The van der Waals surface area contributed by atoms with Gasteiger partial charge in [0.1, 0.15) is 6.10 Å². The minimum absolute atomic E-state index is 0.207. The molecule has 1 unspecified atom stereocenters. The van der Waals surface area contributed by atoms with Crippen LogP contribution in [0.15, 0.2) is 36.4 Å². The van der Waals surface area contributed by atoms with Crippen molar-refractivity contribution in [2.24, 2.45) is 5.73 Å². The van der Waals surface area contributed by atoms with Crippen LogP contribution in [-0.2, 0) is 32.0 Å². The number of aliphatic carboxylic acids is 2. The third-order valence-electron chi connectivity index (χ3n) is 4.42. The van der Waals surface area contributed by atoms with Gasteiger partial charge < -0.3 is 20.7 Å². The molecule has 0 saturated carbocycles. The van der Waals surface area contributed by atoms with Crippen molar-refractivity contribution in [3.8, 4) is 0 Å². The van der Waals surface area contributed by atoms with Crippen LogP contribution in [-0.4, -0.2) is 45.1 Å². The summed E-state index contributed by atoms with van der Waals surface area (Å²) in [6.45, 7) is 1.77. The Morgan fingerprint density at radius 1 is 1.17 bits per heavy atom. The molecule has 1 aliphatic carbocycles. The fourth-order valence-corrected chi connectivity index (χ4v) is 3.15. The molecule has 9 nitrogen and oxygen atoms in total. The van der Waals surface area contributed by atoms with E-state index in [4.69, 9.17) is 20.7 Å². The number of rotatable bonds is 5. The van der Waals surface area contributed by atoms with Crippen LogP contribution in [0.25, 0.3) is 10.9 Å². The fourth-order valence-electron chi connectivity index (χ4n) is 3.15. The Hall–Kier alpha value is -3.75. The zero-order chi connectivity index (χ0) is 22.3. The molecule has 1 heterocycles. The Morgan fingerprint density at radius 3 is 2.37 bits per heavy atom. The Kier molecular flexibility index (Phi) is 7.62. The number of nitrogens with two attached hydrogens (primary N) is 1. The molecular weight excluding hydrogens is 392 g/mol. The first-order valence-corrected chi connectivity index (χ1v) is 9.26. The highest BCUT2D eigenvalue weighted by Gasteiger charge is 2.27. The summed E-state index contributed by atoms with van der Waals surface area (Å²) in [6.07, 6.45) is 3.16. The average molecular weight is 414 g/mol. The second kappa shape index (κ2) is 10.1. The molecule has 4 N–H and O–H groups in total. The second-order valence-electron chi connectivity index (χ2n) is 6.51. The molecule has 0 fully saturated rings. The Bertz CT molecular complexity index is 998. The smallest absolute Gasteiger partial charge is 0.328 e. The number of aryl methyl sites for hydroxylation is 1. The average Bonchev–Trinajstić information content (AvgIpc) is 2.70. The lowest BCUT2D eigenvalue weighted by Crippen LogP contribution is -2.28. The van der Waals surface area contributed by atoms with Gasteiger partial charge in [0.05, 0.1) is 11.1 Å². The zero-order valence-electron chi connectivity index (χ0n) is 16.3. The number of pyridine rings is 1. The molecule has 0 spiro atoms. The zero-order valence-corrected chi connectivity index (χ0v) is 16.3. The van der Waals surface area contributed by atoms with Crippen LogP contribution in [0.4, 0.5) is 0 Å². The number of carboxylic acids is 2. The minimum atomic E-state index is -1.26. The molecule has 0 radical (unpaired) electrons. The number of hydrogen-bond donors (Lipinski definition) is 3. The van der Waals surface area contributed by atoms with Gasteiger partial charge in [-0.1, -0.05) is 25.1 Å². The van der Waals surface area contributed by atoms with Crippen LogP contribution in [0.5, 0.6) is 0 Å². The molecule has 1 amide bonds. The highest BCUT2D eigenvalue weighted by molar-refractivity contribution is 6.07. The van der Waals surface area contributed by atoms with Crippen LogP contribution < -0.4 is 5.73 Å². The van der Waals surface area contributed by atoms with E-state index in [2.05, 4.69) is 4.98 Å². The monoisotopic (exact) mass is 414 g/mol. The van der Waals surface area contributed by atoms with Crippen molar-refractivity contribution in [1.29, 1.82) is 0 Å². The first-order chi connectivity index (χ1) is 14.2. The molecule has 0 saturated heterocycles. The molecule has 158 valence electrons. The number of nitrogens with zero attached hydrogens (tertiary/aromatic N) is 1. The van der Waals surface area contributed by atoms with Crippen molar-refractivity contribution in [2.45, 2.75) is 38.7 Å². The van der Waals surface area contributed by atoms with E-state index in [1.165, 1.54) is 0 Å². The van der Waals surface area contributed by atoms with Crippen molar-refractivity contribution in [2.75, 3.05) is 0 Å². The van der Waals surface area contributed by atoms with Gasteiger partial charge in [0.15, 0.2) is 0 Å². The van der Waals surface area contributed by atoms with Crippen molar-refractivity contribution in [3.63, 3.8) is 0 Å². The normalized spacial score (nSPS) is 15.0. The first kappa shape index (κ1) is 22.5. The number of aromatic nitrogens is 1. The summed E-state index contributed by atoms with van der Waals surface area (Å²) < 4.78 is 5.43. The number of benzene rings is 1. The molecule has 1 aliphatic rings. The predicted octanol–water partition coefficient (Wildman–Crippen LogP) is 1.86. The number of primary amides is 1. The summed E-state index contributed by atoms with van der Waals surface area (Å²) in [5.74, 6) is -3.19. The number of carbonyl (C=O) groups excluding carboxylic acids is 2. The quantitative estimate of drug-likeness (QED) is 0.494. The van der Waals surface area contributed by atoms with Gasteiger partial charge in [-0.2, -0.15) is 0 Å². The fraction of sp³-hybridized carbons (Fsp3) is 0.286. The molecule has 1 aromatic carbocycles. The second-order valence-corrected chi connectivity index (χ2v) is 6.51. The van der Waals surface area contributed by atoms with Gasteiger partial charge in [-0.3, -0.25) is 14.6 Å². The summed E-state index contributed by atoms with van der Waals surface area (Å²) in [5.41, 5.74) is 8.60. The van der Waals surface area contributed by atoms with Crippen LogP contribution in [0.1, 0.15) is 41.4 Å². The molecule has 1 aromatic heterocycles. The maximum atomic E-state index is 12.0. The topological polar surface area (TPSA) is 157 Å². The van der Waals surface area contributed by atoms with Gasteiger partial charge in [0, 0.05) is 36.1 Å². The molecule has 2 aromatic rings. The van der Waals surface area contributed by atoms with E-state index in [-0.39, 0.29) is 12.1 Å². The van der Waals surface area contributed by atoms with Crippen LogP contribution in [0.3, 0.4) is 0 Å². The Balaban J connectivity index is 0.000000343. The lowest BCUT2D eigenvalue weighted by Gasteiger charge is -2.26. The summed E-state index contributed by atoms with van der Waals surface area (Å²) in [5, 5.41) is 16.4. The van der Waals surface area contributed by atoms with Gasteiger partial charge in [-0.25, -0.2) is 9.59 Å². The third-order valence-corrected chi connectivity index (χ3v) is 4.42. The SMILES string of the molecule is CCC(=O)OC1CCc2nc3ccccc3c(C(N)=O)c2C1.O=C(O)/C=C/C(=O)O. The van der Waals surface area contributed by atoms with Gasteiger partial charge in [-0.15, -0.1) is 0 Å². The van der Waals surface area contributed by atoms with E-state index in [1.54, 1.807) is 6.92 Å². The molecular formula is C21H22N2O7. The summed E-state index contributed by atoms with van der Waals surface area (Å²) >= 11 is 0. The van der Waals surface area contributed by atoms with Gasteiger partial charge in [-0.05, 0) is 24.5 Å². The van der Waals surface area contributed by atoms with Crippen molar-refractivity contribution in [1.82, 2.24) is 4.98 Å². The summed E-state index contributed by atoms with van der Waals surface area (Å²) in [6, 6.07) is 7.48. The third kappa shape index (κ3) is 5.87. The van der Waals surface area contributed by atoms with Crippen molar-refractivity contribution < 1.29 is 34.1 Å². The number of amides is 1. The molecule has 1 atom stereocenters. The van der Waals surface area contributed by atoms with E-state index in [0.717, 1.165) is 28.6 Å². The molecule has 9 heteroatoms. The number of carboxylic acid groups (broad SMARTS) is 2.